The van der Waals surface area contributed by atoms with E-state index in [1.807, 2.05) is 25.7 Å². The van der Waals surface area contributed by atoms with Crippen molar-refractivity contribution in [1.82, 2.24) is 4.90 Å². The van der Waals surface area contributed by atoms with E-state index in [1.54, 1.807) is 0 Å². The fraction of sp³-hybridized carbons (Fsp3) is 0.938. The van der Waals surface area contributed by atoms with Crippen LogP contribution in [-0.2, 0) is 4.74 Å². The zero-order valence-electron chi connectivity index (χ0n) is 13.2. The summed E-state index contributed by atoms with van der Waals surface area (Å²) in [5.41, 5.74) is 5.95. The maximum Gasteiger partial charge on any atom is 0.410 e. The van der Waals surface area contributed by atoms with Gasteiger partial charge in [0.2, 0.25) is 0 Å². The molecule has 2 fully saturated rings. The van der Waals surface area contributed by atoms with E-state index in [0.29, 0.717) is 5.92 Å². The van der Waals surface area contributed by atoms with Gasteiger partial charge in [0.05, 0.1) is 0 Å². The second kappa shape index (κ2) is 6.33. The van der Waals surface area contributed by atoms with Crippen LogP contribution in [0.15, 0.2) is 0 Å². The van der Waals surface area contributed by atoms with Crippen molar-refractivity contribution in [2.24, 2.45) is 17.6 Å². The number of carbonyl (C=O) groups excluding carboxylic acids is 1. The second-order valence-electron chi connectivity index (χ2n) is 7.42. The van der Waals surface area contributed by atoms with Gasteiger partial charge in [0, 0.05) is 19.1 Å². The molecular weight excluding hydrogens is 252 g/mol. The van der Waals surface area contributed by atoms with Gasteiger partial charge in [-0.1, -0.05) is 25.7 Å². The summed E-state index contributed by atoms with van der Waals surface area (Å²) in [6, 6.07) is 0.241. The Bertz CT molecular complexity index is 332. The molecule has 0 radical (unpaired) electrons. The van der Waals surface area contributed by atoms with E-state index in [0.717, 1.165) is 31.8 Å². The number of rotatable bonds is 1. The third-order valence-corrected chi connectivity index (χ3v) is 4.67. The van der Waals surface area contributed by atoms with Gasteiger partial charge in [-0.3, -0.25) is 0 Å². The quantitative estimate of drug-likeness (QED) is 0.803. The smallest absolute Gasteiger partial charge is 0.410 e. The second-order valence-corrected chi connectivity index (χ2v) is 7.42. The van der Waals surface area contributed by atoms with E-state index < -0.39 is 5.60 Å². The Morgan fingerprint density at radius 3 is 2.30 bits per heavy atom. The van der Waals surface area contributed by atoms with Crippen LogP contribution in [0.1, 0.15) is 59.3 Å². The van der Waals surface area contributed by atoms with Gasteiger partial charge < -0.3 is 15.4 Å². The summed E-state index contributed by atoms with van der Waals surface area (Å²) in [6.07, 6.45) is 7.10. The van der Waals surface area contributed by atoms with Crippen molar-refractivity contribution >= 4 is 6.09 Å². The molecular formula is C16H30N2O2. The fourth-order valence-electron chi connectivity index (χ4n) is 3.63. The van der Waals surface area contributed by atoms with Gasteiger partial charge >= 0.3 is 6.09 Å². The molecule has 1 aliphatic heterocycles. The lowest BCUT2D eigenvalue weighted by molar-refractivity contribution is 0.0253. The Balaban J connectivity index is 1.92. The standard InChI is InChI=1S/C16H30N2O2/c1-16(2,3)20-15(19)18-10-8-13(14(17)9-11-18)12-6-4-5-7-12/h12-14H,4-11,17H2,1-3H3. The van der Waals surface area contributed by atoms with E-state index >= 15 is 0 Å². The Hall–Kier alpha value is -0.770. The number of carbonyl (C=O) groups is 1. The number of nitrogens with zero attached hydrogens (tertiary/aromatic N) is 1. The van der Waals surface area contributed by atoms with Crippen LogP contribution in [0.25, 0.3) is 0 Å². The van der Waals surface area contributed by atoms with Gasteiger partial charge in [-0.15, -0.1) is 0 Å². The summed E-state index contributed by atoms with van der Waals surface area (Å²) in [5.74, 6) is 1.37. The maximum absolute atomic E-state index is 12.2. The Morgan fingerprint density at radius 2 is 1.70 bits per heavy atom. The largest absolute Gasteiger partial charge is 0.444 e. The van der Waals surface area contributed by atoms with Gasteiger partial charge in [-0.2, -0.15) is 0 Å². The summed E-state index contributed by atoms with van der Waals surface area (Å²) >= 11 is 0. The highest BCUT2D eigenvalue weighted by Gasteiger charge is 2.33. The molecule has 1 amide bonds. The van der Waals surface area contributed by atoms with Crippen LogP contribution in [-0.4, -0.2) is 35.7 Å². The first kappa shape index (κ1) is 15.6. The minimum Gasteiger partial charge on any atom is -0.444 e. The number of nitrogens with two attached hydrogens (primary N) is 1. The average molecular weight is 282 g/mol. The van der Waals surface area contributed by atoms with E-state index in [2.05, 4.69) is 0 Å². The SMILES string of the molecule is CC(C)(C)OC(=O)N1CCC(N)C(C2CCCC2)CC1. The molecule has 4 heteroatoms. The van der Waals surface area contributed by atoms with Crippen molar-refractivity contribution in [3.05, 3.63) is 0 Å². The summed E-state index contributed by atoms with van der Waals surface area (Å²) < 4.78 is 5.47. The van der Waals surface area contributed by atoms with Crippen molar-refractivity contribution in [2.75, 3.05) is 13.1 Å². The molecule has 4 nitrogen and oxygen atoms in total. The molecule has 2 N–H and O–H groups in total. The predicted molar refractivity (Wildman–Crippen MR) is 80.5 cm³/mol. The average Bonchev–Trinajstić information content (AvgIpc) is 2.77. The molecule has 0 aromatic rings. The summed E-state index contributed by atoms with van der Waals surface area (Å²) in [7, 11) is 0. The molecule has 0 aromatic carbocycles. The molecule has 2 aliphatic rings. The summed E-state index contributed by atoms with van der Waals surface area (Å²) in [4.78, 5) is 14.0. The summed E-state index contributed by atoms with van der Waals surface area (Å²) in [5, 5.41) is 0. The normalized spacial score (nSPS) is 29.3. The van der Waals surface area contributed by atoms with Gasteiger partial charge in [0.15, 0.2) is 0 Å². The van der Waals surface area contributed by atoms with Gasteiger partial charge in [0.1, 0.15) is 5.60 Å². The molecule has 1 saturated carbocycles. The minimum absolute atomic E-state index is 0.184. The molecule has 2 rings (SSSR count). The molecule has 0 aromatic heterocycles. The highest BCUT2D eigenvalue weighted by atomic mass is 16.6. The van der Waals surface area contributed by atoms with E-state index in [-0.39, 0.29) is 12.1 Å². The molecule has 2 atom stereocenters. The lowest BCUT2D eigenvalue weighted by Crippen LogP contribution is -2.37. The number of likely N-dealkylation sites (tertiary alicyclic amines) is 1. The Morgan fingerprint density at radius 1 is 1.10 bits per heavy atom. The third kappa shape index (κ3) is 4.11. The van der Waals surface area contributed by atoms with Crippen molar-refractivity contribution in [3.8, 4) is 0 Å². The van der Waals surface area contributed by atoms with Gasteiger partial charge in [-0.25, -0.2) is 4.79 Å². The molecule has 1 heterocycles. The molecule has 1 saturated heterocycles. The lowest BCUT2D eigenvalue weighted by atomic mass is 9.82. The molecule has 1 aliphatic carbocycles. The van der Waals surface area contributed by atoms with Crippen LogP contribution in [0.3, 0.4) is 0 Å². The van der Waals surface area contributed by atoms with Crippen LogP contribution in [0.4, 0.5) is 4.79 Å². The van der Waals surface area contributed by atoms with Crippen LogP contribution >= 0.6 is 0 Å². The van der Waals surface area contributed by atoms with Gasteiger partial charge in [-0.05, 0) is 45.4 Å². The zero-order valence-corrected chi connectivity index (χ0v) is 13.2. The van der Waals surface area contributed by atoms with E-state index in [4.69, 9.17) is 10.5 Å². The highest BCUT2D eigenvalue weighted by molar-refractivity contribution is 5.68. The topological polar surface area (TPSA) is 55.6 Å². The number of hydrogen-bond acceptors (Lipinski definition) is 3. The number of ether oxygens (including phenoxy) is 1. The Kier molecular flexibility index (Phi) is 4.95. The lowest BCUT2D eigenvalue weighted by Gasteiger charge is -2.27. The minimum atomic E-state index is -0.420. The fourth-order valence-corrected chi connectivity index (χ4v) is 3.63. The van der Waals surface area contributed by atoms with Crippen molar-refractivity contribution < 1.29 is 9.53 Å². The first-order chi connectivity index (χ1) is 9.37. The first-order valence-electron chi connectivity index (χ1n) is 8.10. The van der Waals surface area contributed by atoms with Crippen LogP contribution in [0, 0.1) is 11.8 Å². The number of hydrogen-bond donors (Lipinski definition) is 1. The van der Waals surface area contributed by atoms with E-state index in [1.165, 1.54) is 25.7 Å². The summed E-state index contributed by atoms with van der Waals surface area (Å²) in [6.45, 7) is 7.27. The maximum atomic E-state index is 12.2. The molecule has 20 heavy (non-hydrogen) atoms. The van der Waals surface area contributed by atoms with Crippen LogP contribution in [0.5, 0.6) is 0 Å². The molecule has 0 bridgehead atoms. The number of amides is 1. The van der Waals surface area contributed by atoms with Gasteiger partial charge in [0.25, 0.3) is 0 Å². The zero-order chi connectivity index (χ0) is 14.8. The van der Waals surface area contributed by atoms with Crippen LogP contribution < -0.4 is 5.73 Å². The molecule has 0 spiro atoms. The monoisotopic (exact) mass is 282 g/mol. The predicted octanol–water partition coefficient (Wildman–Crippen LogP) is 3.15. The first-order valence-corrected chi connectivity index (χ1v) is 8.10. The Labute approximate surface area is 123 Å². The molecule has 2 unspecified atom stereocenters. The van der Waals surface area contributed by atoms with Crippen molar-refractivity contribution in [2.45, 2.75) is 70.9 Å². The van der Waals surface area contributed by atoms with Crippen LogP contribution in [0.2, 0.25) is 0 Å². The molecule has 116 valence electrons. The highest BCUT2D eigenvalue weighted by Crippen LogP contribution is 2.36. The van der Waals surface area contributed by atoms with Crippen molar-refractivity contribution in [3.63, 3.8) is 0 Å². The van der Waals surface area contributed by atoms with E-state index in [9.17, 15) is 4.79 Å². The third-order valence-electron chi connectivity index (χ3n) is 4.67. The van der Waals surface area contributed by atoms with Crippen molar-refractivity contribution in [1.29, 1.82) is 0 Å².